The second kappa shape index (κ2) is 7.38. The fourth-order valence-electron chi connectivity index (χ4n) is 4.06. The summed E-state index contributed by atoms with van der Waals surface area (Å²) in [5.41, 5.74) is 4.61. The minimum Gasteiger partial charge on any atom is -0.368 e. The molecule has 4 nitrogen and oxygen atoms in total. The Morgan fingerprint density at radius 3 is 2.61 bits per heavy atom. The topological polar surface area (TPSA) is 32.3 Å². The summed E-state index contributed by atoms with van der Waals surface area (Å²) in [6.45, 7) is 5.00. The fourth-order valence-corrected chi connectivity index (χ4v) is 4.23. The van der Waals surface area contributed by atoms with Crippen molar-refractivity contribution in [2.24, 2.45) is 0 Å². The van der Waals surface area contributed by atoms with E-state index in [0.29, 0.717) is 0 Å². The normalized spacial score (nSPS) is 15.4. The predicted octanol–water partition coefficient (Wildman–Crippen LogP) is 4.76. The minimum atomic E-state index is 0.727. The highest BCUT2D eigenvalue weighted by atomic mass is 35.5. The molecule has 5 heteroatoms. The average molecular weight is 389 g/mol. The lowest BCUT2D eigenvalue weighted by atomic mass is 10.1. The van der Waals surface area contributed by atoms with Gasteiger partial charge in [-0.3, -0.25) is 14.9 Å². The summed E-state index contributed by atoms with van der Waals surface area (Å²) in [5.74, 6) is 0. The number of pyridine rings is 2. The average Bonchev–Trinajstić information content (AvgIpc) is 2.74. The molecule has 140 valence electrons. The third kappa shape index (κ3) is 3.30. The Morgan fingerprint density at radius 2 is 1.71 bits per heavy atom. The van der Waals surface area contributed by atoms with Crippen LogP contribution in [0.25, 0.3) is 21.8 Å². The van der Waals surface area contributed by atoms with Gasteiger partial charge in [0.2, 0.25) is 0 Å². The first-order chi connectivity index (χ1) is 13.8. The molecule has 1 aliphatic heterocycles. The van der Waals surface area contributed by atoms with Gasteiger partial charge in [0.25, 0.3) is 0 Å². The molecule has 0 amide bonds. The number of hydrogen-bond donors (Lipinski definition) is 0. The van der Waals surface area contributed by atoms with Crippen LogP contribution in [0.1, 0.15) is 5.56 Å². The van der Waals surface area contributed by atoms with Gasteiger partial charge in [0, 0.05) is 66.6 Å². The molecule has 0 aliphatic carbocycles. The van der Waals surface area contributed by atoms with Gasteiger partial charge in [-0.05, 0) is 35.9 Å². The van der Waals surface area contributed by atoms with Crippen molar-refractivity contribution in [1.82, 2.24) is 14.9 Å². The fraction of sp³-hybridized carbons (Fsp3) is 0.217. The molecule has 28 heavy (non-hydrogen) atoms. The molecule has 4 aromatic rings. The van der Waals surface area contributed by atoms with Crippen LogP contribution in [0, 0.1) is 0 Å². The number of para-hydroxylation sites is 1. The zero-order chi connectivity index (χ0) is 18.9. The van der Waals surface area contributed by atoms with Crippen molar-refractivity contribution < 1.29 is 0 Å². The standard InChI is InChI=1S/C23H21ClN4/c24-19-6-7-20-21(15-19)25-10-8-22(20)28-13-11-27(12-14-28)16-18-4-1-3-17-5-2-9-26-23(17)18/h1-10,15H,11-14,16H2. The minimum absolute atomic E-state index is 0.727. The van der Waals surface area contributed by atoms with E-state index in [2.05, 4.69) is 56.2 Å². The number of halogens is 1. The Labute approximate surface area is 169 Å². The zero-order valence-electron chi connectivity index (χ0n) is 15.6. The van der Waals surface area contributed by atoms with Gasteiger partial charge in [-0.1, -0.05) is 35.9 Å². The Hall–Kier alpha value is -2.69. The van der Waals surface area contributed by atoms with Gasteiger partial charge in [-0.25, -0.2) is 0 Å². The van der Waals surface area contributed by atoms with Gasteiger partial charge in [-0.15, -0.1) is 0 Å². The lowest BCUT2D eigenvalue weighted by Crippen LogP contribution is -2.46. The van der Waals surface area contributed by atoms with Crippen LogP contribution in [-0.2, 0) is 6.54 Å². The Kier molecular flexibility index (Phi) is 4.59. The van der Waals surface area contributed by atoms with Crippen LogP contribution in [0.4, 0.5) is 5.69 Å². The first-order valence-electron chi connectivity index (χ1n) is 9.62. The highest BCUT2D eigenvalue weighted by molar-refractivity contribution is 6.31. The van der Waals surface area contributed by atoms with E-state index in [1.165, 1.54) is 22.0 Å². The van der Waals surface area contributed by atoms with Gasteiger partial charge in [0.1, 0.15) is 0 Å². The first kappa shape index (κ1) is 17.4. The third-order valence-electron chi connectivity index (χ3n) is 5.50. The second-order valence-electron chi connectivity index (χ2n) is 7.25. The second-order valence-corrected chi connectivity index (χ2v) is 7.68. The van der Waals surface area contributed by atoms with Crippen molar-refractivity contribution in [1.29, 1.82) is 0 Å². The van der Waals surface area contributed by atoms with Crippen LogP contribution in [0.3, 0.4) is 0 Å². The Bertz CT molecular complexity index is 1130. The Balaban J connectivity index is 1.33. The maximum Gasteiger partial charge on any atom is 0.0746 e. The molecule has 0 spiro atoms. The van der Waals surface area contributed by atoms with E-state index in [0.717, 1.165) is 48.8 Å². The highest BCUT2D eigenvalue weighted by Gasteiger charge is 2.19. The molecule has 1 saturated heterocycles. The van der Waals surface area contributed by atoms with Crippen LogP contribution in [0.2, 0.25) is 5.02 Å². The van der Waals surface area contributed by atoms with Gasteiger partial charge >= 0.3 is 0 Å². The maximum atomic E-state index is 6.13. The molecule has 0 atom stereocenters. The zero-order valence-corrected chi connectivity index (χ0v) is 16.3. The van der Waals surface area contributed by atoms with Crippen LogP contribution < -0.4 is 4.90 Å². The number of aromatic nitrogens is 2. The Morgan fingerprint density at radius 1 is 0.857 bits per heavy atom. The molecule has 0 N–H and O–H groups in total. The van der Waals surface area contributed by atoms with E-state index in [1.54, 1.807) is 0 Å². The van der Waals surface area contributed by atoms with Crippen LogP contribution in [0.15, 0.2) is 67.0 Å². The SMILES string of the molecule is Clc1ccc2c(N3CCN(Cc4cccc5cccnc45)CC3)ccnc2c1. The van der Waals surface area contributed by atoms with Gasteiger partial charge in [0.15, 0.2) is 0 Å². The van der Waals surface area contributed by atoms with E-state index >= 15 is 0 Å². The number of anilines is 1. The summed E-state index contributed by atoms with van der Waals surface area (Å²) in [6, 6.07) is 18.6. The van der Waals surface area contributed by atoms with Crippen molar-refractivity contribution >= 4 is 39.1 Å². The van der Waals surface area contributed by atoms with Crippen LogP contribution in [-0.4, -0.2) is 41.0 Å². The predicted molar refractivity (Wildman–Crippen MR) is 116 cm³/mol. The monoisotopic (exact) mass is 388 g/mol. The van der Waals surface area contributed by atoms with E-state index in [1.807, 2.05) is 30.6 Å². The molecule has 0 radical (unpaired) electrons. The summed E-state index contributed by atoms with van der Waals surface area (Å²) < 4.78 is 0. The molecule has 1 aliphatic rings. The number of piperazine rings is 1. The molecule has 0 unspecified atom stereocenters. The summed E-state index contributed by atoms with van der Waals surface area (Å²) in [7, 11) is 0. The summed E-state index contributed by atoms with van der Waals surface area (Å²) in [4.78, 5) is 14.0. The van der Waals surface area contributed by atoms with Crippen molar-refractivity contribution in [3.63, 3.8) is 0 Å². The molecule has 0 bridgehead atoms. The van der Waals surface area contributed by atoms with Crippen LogP contribution in [0.5, 0.6) is 0 Å². The summed E-state index contributed by atoms with van der Waals surface area (Å²) >= 11 is 6.13. The summed E-state index contributed by atoms with van der Waals surface area (Å²) in [5, 5.41) is 3.10. The van der Waals surface area contributed by atoms with Gasteiger partial charge in [-0.2, -0.15) is 0 Å². The van der Waals surface area contributed by atoms with Gasteiger partial charge < -0.3 is 4.90 Å². The first-order valence-corrected chi connectivity index (χ1v) is 10.00. The largest absolute Gasteiger partial charge is 0.368 e. The molecular formula is C23H21ClN4. The molecular weight excluding hydrogens is 368 g/mol. The van der Waals surface area contributed by atoms with E-state index < -0.39 is 0 Å². The number of rotatable bonds is 3. The van der Waals surface area contributed by atoms with Gasteiger partial charge in [0.05, 0.1) is 11.0 Å². The van der Waals surface area contributed by atoms with Crippen LogP contribution >= 0.6 is 11.6 Å². The van der Waals surface area contributed by atoms with E-state index in [4.69, 9.17) is 11.6 Å². The molecule has 2 aromatic carbocycles. The van der Waals surface area contributed by atoms with Crippen molar-refractivity contribution in [2.45, 2.75) is 6.54 Å². The van der Waals surface area contributed by atoms with E-state index in [-0.39, 0.29) is 0 Å². The molecule has 2 aromatic heterocycles. The third-order valence-corrected chi connectivity index (χ3v) is 5.74. The lowest BCUT2D eigenvalue weighted by molar-refractivity contribution is 0.251. The van der Waals surface area contributed by atoms with Crippen molar-refractivity contribution in [3.05, 3.63) is 77.6 Å². The number of fused-ring (bicyclic) bond motifs is 2. The number of benzene rings is 2. The number of hydrogen-bond acceptors (Lipinski definition) is 4. The number of nitrogens with zero attached hydrogens (tertiary/aromatic N) is 4. The van der Waals surface area contributed by atoms with Crippen molar-refractivity contribution in [2.75, 3.05) is 31.1 Å². The quantitative estimate of drug-likeness (QED) is 0.506. The lowest BCUT2D eigenvalue weighted by Gasteiger charge is -2.36. The maximum absolute atomic E-state index is 6.13. The molecule has 5 rings (SSSR count). The van der Waals surface area contributed by atoms with Crippen molar-refractivity contribution in [3.8, 4) is 0 Å². The molecule has 3 heterocycles. The molecule has 0 saturated carbocycles. The smallest absolute Gasteiger partial charge is 0.0746 e. The molecule has 1 fully saturated rings. The van der Waals surface area contributed by atoms with E-state index in [9.17, 15) is 0 Å². The summed E-state index contributed by atoms with van der Waals surface area (Å²) in [6.07, 6.45) is 3.76. The highest BCUT2D eigenvalue weighted by Crippen LogP contribution is 2.28.